The Labute approximate surface area is 84.9 Å². The van der Waals surface area contributed by atoms with E-state index in [-0.39, 0.29) is 0 Å². The smallest absolute Gasteiger partial charge is 0.0873 e. The third-order valence-electron chi connectivity index (χ3n) is 2.69. The van der Waals surface area contributed by atoms with E-state index in [4.69, 9.17) is 4.74 Å². The third kappa shape index (κ3) is 3.63. The first-order valence-electron chi connectivity index (χ1n) is 5.36. The van der Waals surface area contributed by atoms with E-state index in [9.17, 15) is 0 Å². The van der Waals surface area contributed by atoms with Gasteiger partial charge in [-0.1, -0.05) is 0 Å². The number of thioether (sulfide) groups is 1. The van der Waals surface area contributed by atoms with Crippen LogP contribution in [-0.2, 0) is 4.74 Å². The molecule has 0 aromatic carbocycles. The lowest BCUT2D eigenvalue weighted by Crippen LogP contribution is -1.91. The van der Waals surface area contributed by atoms with Crippen molar-refractivity contribution in [2.75, 3.05) is 12.4 Å². The van der Waals surface area contributed by atoms with Crippen LogP contribution in [0.25, 0.3) is 0 Å². The molecule has 1 aliphatic heterocycles. The topological polar surface area (TPSA) is 9.23 Å². The zero-order valence-electron chi connectivity index (χ0n) is 8.13. The highest BCUT2D eigenvalue weighted by Gasteiger charge is 2.20. The molecule has 0 aromatic rings. The molecule has 0 N–H and O–H groups in total. The van der Waals surface area contributed by atoms with E-state index in [1.807, 2.05) is 6.26 Å². The molecule has 1 unspecified atom stereocenters. The first kappa shape index (κ1) is 9.45. The van der Waals surface area contributed by atoms with Crippen molar-refractivity contribution >= 4 is 11.8 Å². The highest BCUT2D eigenvalue weighted by Crippen LogP contribution is 2.33. The van der Waals surface area contributed by atoms with Crippen molar-refractivity contribution in [1.29, 1.82) is 0 Å². The van der Waals surface area contributed by atoms with E-state index >= 15 is 0 Å². The number of hydrogen-bond acceptors (Lipinski definition) is 2. The fourth-order valence-electron chi connectivity index (χ4n) is 1.75. The summed E-state index contributed by atoms with van der Waals surface area (Å²) in [4.78, 5) is 0. The quantitative estimate of drug-likeness (QED) is 0.380. The summed E-state index contributed by atoms with van der Waals surface area (Å²) in [6.07, 6.45) is 9.90. The average molecular weight is 198 g/mol. The number of allylic oxidation sites excluding steroid dienone is 1. The zero-order chi connectivity index (χ0) is 8.93. The summed E-state index contributed by atoms with van der Waals surface area (Å²) >= 11 is 2.08. The molecule has 2 aliphatic rings. The molecule has 2 fully saturated rings. The van der Waals surface area contributed by atoms with Gasteiger partial charge in [-0.05, 0) is 44.1 Å². The van der Waals surface area contributed by atoms with Crippen molar-refractivity contribution in [2.45, 2.75) is 43.8 Å². The first-order chi connectivity index (χ1) is 6.45. The van der Waals surface area contributed by atoms with Gasteiger partial charge >= 0.3 is 0 Å². The SMILES string of the molecule is C(OCCCC1CS1)=C1CCCC1. The minimum atomic E-state index is 0.931. The average Bonchev–Trinajstić information content (AvgIpc) is 2.81. The second-order valence-electron chi connectivity index (χ2n) is 3.95. The summed E-state index contributed by atoms with van der Waals surface area (Å²) < 4.78 is 5.52. The monoisotopic (exact) mass is 198 g/mol. The molecule has 0 bridgehead atoms. The van der Waals surface area contributed by atoms with Crippen molar-refractivity contribution in [1.82, 2.24) is 0 Å². The maximum atomic E-state index is 5.52. The van der Waals surface area contributed by atoms with E-state index in [1.165, 1.54) is 49.9 Å². The maximum Gasteiger partial charge on any atom is 0.0873 e. The molecule has 2 heteroatoms. The first-order valence-corrected chi connectivity index (χ1v) is 6.41. The van der Waals surface area contributed by atoms with Crippen molar-refractivity contribution in [3.05, 3.63) is 11.8 Å². The second-order valence-corrected chi connectivity index (χ2v) is 5.28. The molecule has 0 amide bonds. The van der Waals surface area contributed by atoms with E-state index in [0.29, 0.717) is 0 Å². The van der Waals surface area contributed by atoms with Gasteiger partial charge in [0.25, 0.3) is 0 Å². The minimum Gasteiger partial charge on any atom is -0.501 e. The van der Waals surface area contributed by atoms with Crippen molar-refractivity contribution in [3.8, 4) is 0 Å². The Bertz CT molecular complexity index is 177. The van der Waals surface area contributed by atoms with Crippen LogP contribution in [0, 0.1) is 0 Å². The lowest BCUT2D eigenvalue weighted by Gasteiger charge is -2.01. The molecule has 74 valence electrons. The van der Waals surface area contributed by atoms with Gasteiger partial charge in [-0.25, -0.2) is 0 Å². The largest absolute Gasteiger partial charge is 0.501 e. The van der Waals surface area contributed by atoms with Crippen LogP contribution in [0.15, 0.2) is 11.8 Å². The molecule has 0 radical (unpaired) electrons. The molecule has 0 spiro atoms. The number of hydrogen-bond donors (Lipinski definition) is 0. The summed E-state index contributed by atoms with van der Waals surface area (Å²) in [6, 6.07) is 0. The molecular formula is C11H18OS. The summed E-state index contributed by atoms with van der Waals surface area (Å²) in [6.45, 7) is 0.931. The van der Waals surface area contributed by atoms with Crippen LogP contribution in [0.1, 0.15) is 38.5 Å². The maximum absolute atomic E-state index is 5.52. The van der Waals surface area contributed by atoms with Crippen LogP contribution < -0.4 is 0 Å². The second kappa shape index (κ2) is 4.94. The van der Waals surface area contributed by atoms with E-state index < -0.39 is 0 Å². The predicted molar refractivity (Wildman–Crippen MR) is 58.0 cm³/mol. The Hall–Kier alpha value is -0.110. The van der Waals surface area contributed by atoms with Crippen molar-refractivity contribution in [2.24, 2.45) is 0 Å². The molecule has 1 saturated carbocycles. The van der Waals surface area contributed by atoms with Crippen LogP contribution in [-0.4, -0.2) is 17.6 Å². The Morgan fingerprint density at radius 2 is 2.15 bits per heavy atom. The van der Waals surface area contributed by atoms with Gasteiger partial charge in [0.1, 0.15) is 0 Å². The molecule has 1 aliphatic carbocycles. The number of rotatable bonds is 5. The fraction of sp³-hybridized carbons (Fsp3) is 0.818. The molecule has 13 heavy (non-hydrogen) atoms. The summed E-state index contributed by atoms with van der Waals surface area (Å²) in [5.41, 5.74) is 1.53. The molecule has 0 aromatic heterocycles. The zero-order valence-corrected chi connectivity index (χ0v) is 8.94. The summed E-state index contributed by atoms with van der Waals surface area (Å²) in [5, 5.41) is 0.975. The molecular weight excluding hydrogens is 180 g/mol. The lowest BCUT2D eigenvalue weighted by molar-refractivity contribution is 0.239. The van der Waals surface area contributed by atoms with Gasteiger partial charge < -0.3 is 4.74 Å². The molecule has 2 rings (SSSR count). The van der Waals surface area contributed by atoms with Gasteiger partial charge in [0.2, 0.25) is 0 Å². The molecule has 1 saturated heterocycles. The normalized spacial score (nSPS) is 26.2. The Morgan fingerprint density at radius 1 is 1.38 bits per heavy atom. The van der Waals surface area contributed by atoms with E-state index in [1.54, 1.807) is 0 Å². The van der Waals surface area contributed by atoms with Gasteiger partial charge in [-0.2, -0.15) is 11.8 Å². The van der Waals surface area contributed by atoms with Gasteiger partial charge in [0.05, 0.1) is 12.9 Å². The third-order valence-corrected chi connectivity index (χ3v) is 3.73. The Balaban J connectivity index is 1.49. The van der Waals surface area contributed by atoms with Crippen molar-refractivity contribution < 1.29 is 4.74 Å². The summed E-state index contributed by atoms with van der Waals surface area (Å²) in [7, 11) is 0. The fourth-order valence-corrected chi connectivity index (χ4v) is 2.39. The van der Waals surface area contributed by atoms with Crippen LogP contribution in [0.4, 0.5) is 0 Å². The van der Waals surface area contributed by atoms with Crippen LogP contribution >= 0.6 is 11.8 Å². The van der Waals surface area contributed by atoms with Gasteiger partial charge in [-0.3, -0.25) is 0 Å². The minimum absolute atomic E-state index is 0.931. The summed E-state index contributed by atoms with van der Waals surface area (Å²) in [5.74, 6) is 1.39. The van der Waals surface area contributed by atoms with Gasteiger partial charge in [0.15, 0.2) is 0 Å². The van der Waals surface area contributed by atoms with E-state index in [0.717, 1.165) is 11.9 Å². The van der Waals surface area contributed by atoms with Crippen LogP contribution in [0.2, 0.25) is 0 Å². The molecule has 1 heterocycles. The molecule has 1 nitrogen and oxygen atoms in total. The van der Waals surface area contributed by atoms with Crippen LogP contribution in [0.5, 0.6) is 0 Å². The van der Waals surface area contributed by atoms with Gasteiger partial charge in [0, 0.05) is 11.0 Å². The number of ether oxygens (including phenoxy) is 1. The van der Waals surface area contributed by atoms with Crippen LogP contribution in [0.3, 0.4) is 0 Å². The standard InChI is InChI=1S/C11H18OS/c1-2-5-10(4-1)8-12-7-3-6-11-9-13-11/h8,11H,1-7,9H2. The Morgan fingerprint density at radius 3 is 2.85 bits per heavy atom. The highest BCUT2D eigenvalue weighted by atomic mass is 32.2. The van der Waals surface area contributed by atoms with Crippen molar-refractivity contribution in [3.63, 3.8) is 0 Å². The van der Waals surface area contributed by atoms with Gasteiger partial charge in [-0.15, -0.1) is 0 Å². The van der Waals surface area contributed by atoms with E-state index in [2.05, 4.69) is 11.8 Å². The predicted octanol–water partition coefficient (Wildman–Crippen LogP) is 3.36. The molecule has 1 atom stereocenters. The lowest BCUT2D eigenvalue weighted by atomic mass is 10.2. The Kier molecular flexibility index (Phi) is 3.59. The highest BCUT2D eigenvalue weighted by molar-refractivity contribution is 8.06.